The Bertz CT molecular complexity index is 1660. The number of aryl methyl sites for hydroxylation is 1. The molecule has 3 N–H and O–H groups in total. The molecule has 0 atom stereocenters. The lowest BCUT2D eigenvalue weighted by molar-refractivity contribution is -0.127. The molecule has 2 aliphatic heterocycles. The van der Waals surface area contributed by atoms with E-state index in [-0.39, 0.29) is 17.9 Å². The number of carbonyl (C=O) groups excluding carboxylic acids is 1. The number of aliphatic hydroxyl groups excluding tert-OH is 1. The molecule has 0 unspecified atom stereocenters. The van der Waals surface area contributed by atoms with Crippen molar-refractivity contribution >= 4 is 22.8 Å². The fraction of sp³-hybridized carbons (Fsp3) is 0.303. The number of likely N-dealkylation sites (tertiary alicyclic amines) is 2. The average Bonchev–Trinajstić information content (AvgIpc) is 3.28. The van der Waals surface area contributed by atoms with Gasteiger partial charge in [-0.1, -0.05) is 42.3 Å². The maximum absolute atomic E-state index is 12.6. The number of nitrogens with zero attached hydrogens (tertiary/aromatic N) is 5. The number of ether oxygens (including phenoxy) is 1. The van der Waals surface area contributed by atoms with Crippen molar-refractivity contribution in [1.29, 1.82) is 0 Å². The molecule has 0 saturated carbocycles. The first-order valence-electron chi connectivity index (χ1n) is 14.3. The van der Waals surface area contributed by atoms with Gasteiger partial charge in [0.25, 0.3) is 0 Å². The number of nitrogen functional groups attached to an aromatic ring is 1. The van der Waals surface area contributed by atoms with Gasteiger partial charge in [-0.25, -0.2) is 9.97 Å². The number of amides is 1. The average molecular weight is 563 g/mol. The summed E-state index contributed by atoms with van der Waals surface area (Å²) in [5, 5.41) is 10.2. The molecule has 0 spiro atoms. The molecule has 0 bridgehead atoms. The number of aliphatic hydroxyl groups is 1. The second-order valence-electron chi connectivity index (χ2n) is 10.8. The zero-order chi connectivity index (χ0) is 29.1. The molecule has 0 radical (unpaired) electrons. The molecule has 2 saturated heterocycles. The normalized spacial score (nSPS) is 16.4. The lowest BCUT2D eigenvalue weighted by Gasteiger charge is -2.34. The minimum atomic E-state index is -0.232. The van der Waals surface area contributed by atoms with E-state index in [0.717, 1.165) is 52.2 Å². The van der Waals surface area contributed by atoms with Crippen molar-refractivity contribution in [2.45, 2.75) is 18.9 Å². The van der Waals surface area contributed by atoms with Crippen LogP contribution in [0.15, 0.2) is 73.1 Å². The van der Waals surface area contributed by atoms with Crippen LogP contribution >= 0.6 is 0 Å². The van der Waals surface area contributed by atoms with E-state index < -0.39 is 0 Å². The highest BCUT2D eigenvalue weighted by atomic mass is 16.5. The van der Waals surface area contributed by atoms with Crippen LogP contribution < -0.4 is 10.5 Å². The summed E-state index contributed by atoms with van der Waals surface area (Å²) in [5.74, 6) is 9.05. The molecule has 1 amide bonds. The minimum Gasteiger partial charge on any atom is -0.457 e. The number of piperidine rings is 1. The van der Waals surface area contributed by atoms with Crippen LogP contribution in [0, 0.1) is 17.8 Å². The van der Waals surface area contributed by atoms with Gasteiger partial charge in [-0.2, -0.15) is 0 Å². The van der Waals surface area contributed by atoms with Gasteiger partial charge in [-0.15, -0.1) is 0 Å². The van der Waals surface area contributed by atoms with E-state index in [1.807, 2.05) is 77.2 Å². The molecular formula is C33H34N6O3. The SMILES string of the molecule is Cn1c(C#CC2CCN(C(=O)/C=C/CN3CC(O)C3)CC2)c(-c2ccc(Oc3ccccc3)cc2)c2c(N)ncnc21. The third-order valence-corrected chi connectivity index (χ3v) is 7.88. The number of para-hydroxylation sites is 1. The van der Waals surface area contributed by atoms with Crippen molar-refractivity contribution in [2.75, 3.05) is 38.5 Å². The maximum atomic E-state index is 12.6. The number of nitrogens with two attached hydrogens (primary N) is 1. The summed E-state index contributed by atoms with van der Waals surface area (Å²) in [6, 6.07) is 17.6. The Balaban J connectivity index is 1.19. The summed E-state index contributed by atoms with van der Waals surface area (Å²) in [7, 11) is 1.95. The lowest BCUT2D eigenvalue weighted by atomic mass is 9.96. The predicted octanol–water partition coefficient (Wildman–Crippen LogP) is 3.83. The van der Waals surface area contributed by atoms with E-state index in [0.29, 0.717) is 38.5 Å². The van der Waals surface area contributed by atoms with Crippen LogP contribution in [0.5, 0.6) is 11.5 Å². The van der Waals surface area contributed by atoms with Gasteiger partial charge in [-0.05, 0) is 48.6 Å². The molecule has 2 fully saturated rings. The Morgan fingerprint density at radius 3 is 2.50 bits per heavy atom. The molecule has 2 aromatic heterocycles. The molecule has 6 rings (SSSR count). The van der Waals surface area contributed by atoms with Crippen molar-refractivity contribution in [2.24, 2.45) is 13.0 Å². The quantitative estimate of drug-likeness (QED) is 0.272. The van der Waals surface area contributed by atoms with Gasteiger partial charge in [-0.3, -0.25) is 9.69 Å². The molecule has 9 heteroatoms. The van der Waals surface area contributed by atoms with Crippen molar-refractivity contribution in [3.05, 3.63) is 78.8 Å². The molecular weight excluding hydrogens is 528 g/mol. The van der Waals surface area contributed by atoms with Crippen LogP contribution in [0.3, 0.4) is 0 Å². The van der Waals surface area contributed by atoms with Gasteiger partial charge in [0.2, 0.25) is 5.91 Å². The standard InChI is InChI=1S/C33H34N6O3/c1-37-28(14-9-23-15-18-39(19-16-23)29(41)8-5-17-38-20-25(40)21-38)30(31-32(34)35-22-36-33(31)37)24-10-12-27(13-11-24)42-26-6-3-2-4-7-26/h2-8,10-13,22-23,25,40H,15-21H2,1H3,(H2,34,35,36)/b8-5+. The van der Waals surface area contributed by atoms with Crippen molar-refractivity contribution in [3.63, 3.8) is 0 Å². The summed E-state index contributed by atoms with van der Waals surface area (Å²) >= 11 is 0. The first-order valence-corrected chi connectivity index (χ1v) is 14.3. The highest BCUT2D eigenvalue weighted by molar-refractivity contribution is 6.03. The first kappa shape index (κ1) is 27.5. The van der Waals surface area contributed by atoms with Gasteiger partial charge in [0, 0.05) is 57.3 Å². The van der Waals surface area contributed by atoms with Gasteiger partial charge in [0.05, 0.1) is 11.5 Å². The monoisotopic (exact) mass is 562 g/mol. The number of fused-ring (bicyclic) bond motifs is 1. The molecule has 4 aromatic rings. The Hall–Kier alpha value is -4.65. The highest BCUT2D eigenvalue weighted by Gasteiger charge is 2.24. The van der Waals surface area contributed by atoms with Gasteiger partial charge in [0.15, 0.2) is 0 Å². The van der Waals surface area contributed by atoms with E-state index in [1.165, 1.54) is 6.33 Å². The van der Waals surface area contributed by atoms with Gasteiger partial charge < -0.3 is 25.0 Å². The highest BCUT2D eigenvalue weighted by Crippen LogP contribution is 2.37. The second-order valence-corrected chi connectivity index (χ2v) is 10.8. The van der Waals surface area contributed by atoms with Crippen LogP contribution in [-0.4, -0.2) is 74.2 Å². The van der Waals surface area contributed by atoms with Crippen LogP contribution in [0.2, 0.25) is 0 Å². The molecule has 4 heterocycles. The summed E-state index contributed by atoms with van der Waals surface area (Å²) in [6.07, 6.45) is 6.42. The van der Waals surface area contributed by atoms with Crippen LogP contribution in [-0.2, 0) is 11.8 Å². The summed E-state index contributed by atoms with van der Waals surface area (Å²) in [4.78, 5) is 25.4. The zero-order valence-corrected chi connectivity index (χ0v) is 23.6. The number of rotatable bonds is 6. The van der Waals surface area contributed by atoms with E-state index in [4.69, 9.17) is 10.5 Å². The van der Waals surface area contributed by atoms with E-state index in [9.17, 15) is 9.90 Å². The third-order valence-electron chi connectivity index (χ3n) is 7.88. The fourth-order valence-corrected chi connectivity index (χ4v) is 5.53. The largest absolute Gasteiger partial charge is 0.457 e. The molecule has 214 valence electrons. The maximum Gasteiger partial charge on any atom is 0.246 e. The molecule has 0 aliphatic carbocycles. The topological polar surface area (TPSA) is 110 Å². The van der Waals surface area contributed by atoms with Crippen LogP contribution in [0.25, 0.3) is 22.2 Å². The van der Waals surface area contributed by atoms with Crippen molar-refractivity contribution in [3.8, 4) is 34.5 Å². The molecule has 9 nitrogen and oxygen atoms in total. The Kier molecular flexibility index (Phi) is 7.91. The van der Waals surface area contributed by atoms with Gasteiger partial charge >= 0.3 is 0 Å². The number of hydrogen-bond acceptors (Lipinski definition) is 7. The summed E-state index contributed by atoms with van der Waals surface area (Å²) in [6.45, 7) is 3.39. The minimum absolute atomic E-state index is 0.0344. The van der Waals surface area contributed by atoms with E-state index in [2.05, 4.69) is 26.7 Å². The summed E-state index contributed by atoms with van der Waals surface area (Å²) < 4.78 is 7.96. The van der Waals surface area contributed by atoms with E-state index in [1.54, 1.807) is 6.08 Å². The van der Waals surface area contributed by atoms with Crippen molar-refractivity contribution in [1.82, 2.24) is 24.3 Å². The molecule has 2 aliphatic rings. The molecule has 2 aromatic carbocycles. The smallest absolute Gasteiger partial charge is 0.246 e. The molecule has 42 heavy (non-hydrogen) atoms. The number of carbonyl (C=O) groups is 1. The van der Waals surface area contributed by atoms with Crippen molar-refractivity contribution < 1.29 is 14.6 Å². The Morgan fingerprint density at radius 2 is 1.79 bits per heavy atom. The number of β-amino-alcohol motifs (C(OH)–C–C–N with tert-alkyl or cyclic N) is 1. The van der Waals surface area contributed by atoms with Crippen LogP contribution in [0.4, 0.5) is 5.82 Å². The second kappa shape index (κ2) is 12.1. The Morgan fingerprint density at radius 1 is 1.07 bits per heavy atom. The predicted molar refractivity (Wildman–Crippen MR) is 163 cm³/mol. The summed E-state index contributed by atoms with van der Waals surface area (Å²) in [5.41, 5.74) is 9.77. The number of benzene rings is 2. The first-order chi connectivity index (χ1) is 20.5. The van der Waals surface area contributed by atoms with Gasteiger partial charge in [0.1, 0.15) is 35.0 Å². The van der Waals surface area contributed by atoms with E-state index >= 15 is 0 Å². The third kappa shape index (κ3) is 5.86. The number of aromatic nitrogens is 3. The number of anilines is 1. The van der Waals surface area contributed by atoms with Crippen LogP contribution in [0.1, 0.15) is 18.5 Å². The zero-order valence-electron chi connectivity index (χ0n) is 23.6. The lowest BCUT2D eigenvalue weighted by Crippen LogP contribution is -2.50. The number of hydrogen-bond donors (Lipinski definition) is 2. The Labute approximate surface area is 245 Å². The fourth-order valence-electron chi connectivity index (χ4n) is 5.53.